The van der Waals surface area contributed by atoms with Crippen molar-refractivity contribution in [1.82, 2.24) is 0 Å². The Bertz CT molecular complexity index is 505. The molecule has 0 aromatic heterocycles. The summed E-state index contributed by atoms with van der Waals surface area (Å²) >= 11 is 0. The normalized spacial score (nSPS) is 31.2. The van der Waals surface area contributed by atoms with Crippen LogP contribution in [-0.4, -0.2) is 18.7 Å². The molecular formula is C12H9NO3. The quantitative estimate of drug-likeness (QED) is 0.658. The largest absolute Gasteiger partial charge is 0.462 e. The Morgan fingerprint density at radius 1 is 1.44 bits per heavy atom. The Labute approximate surface area is 92.4 Å². The van der Waals surface area contributed by atoms with Crippen LogP contribution in [0.15, 0.2) is 24.3 Å². The molecule has 16 heavy (non-hydrogen) atoms. The summed E-state index contributed by atoms with van der Waals surface area (Å²) in [7, 11) is 0. The SMILES string of the molecule is N#C[C@]12CCO[C@H]1Oc1ccccc1C2=O. The summed E-state index contributed by atoms with van der Waals surface area (Å²) in [6.07, 6.45) is -0.346. The number of nitrogens with zero attached hydrogens (tertiary/aromatic N) is 1. The minimum absolute atomic E-state index is 0.181. The second-order valence-electron chi connectivity index (χ2n) is 3.98. The van der Waals surface area contributed by atoms with Crippen LogP contribution < -0.4 is 4.74 Å². The number of para-hydroxylation sites is 1. The number of Topliss-reactive ketones (excluding diaryl/α,β-unsaturated/α-hetero) is 1. The van der Waals surface area contributed by atoms with E-state index in [4.69, 9.17) is 9.47 Å². The van der Waals surface area contributed by atoms with Gasteiger partial charge in [0, 0.05) is 6.42 Å². The lowest BCUT2D eigenvalue weighted by Gasteiger charge is -2.31. The Balaban J connectivity index is 2.18. The van der Waals surface area contributed by atoms with Gasteiger partial charge in [-0.25, -0.2) is 0 Å². The maximum atomic E-state index is 12.3. The number of ether oxygens (including phenoxy) is 2. The summed E-state index contributed by atoms with van der Waals surface area (Å²) in [6, 6.07) is 9.03. The molecule has 0 aliphatic carbocycles. The minimum atomic E-state index is -1.14. The van der Waals surface area contributed by atoms with Crippen LogP contribution in [-0.2, 0) is 4.74 Å². The molecule has 1 saturated heterocycles. The fraction of sp³-hybridized carbons (Fsp3) is 0.333. The zero-order valence-electron chi connectivity index (χ0n) is 8.47. The van der Waals surface area contributed by atoms with Crippen LogP contribution >= 0.6 is 0 Å². The van der Waals surface area contributed by atoms with Gasteiger partial charge in [-0.2, -0.15) is 5.26 Å². The molecule has 1 aromatic carbocycles. The topological polar surface area (TPSA) is 59.3 Å². The molecule has 2 aliphatic rings. The summed E-state index contributed by atoms with van der Waals surface area (Å²) in [5, 5.41) is 9.22. The number of rotatable bonds is 0. The summed E-state index contributed by atoms with van der Waals surface area (Å²) in [5.74, 6) is 0.324. The number of benzene rings is 1. The lowest BCUT2D eigenvalue weighted by molar-refractivity contribution is -0.0771. The van der Waals surface area contributed by atoms with Crippen molar-refractivity contribution < 1.29 is 14.3 Å². The van der Waals surface area contributed by atoms with E-state index in [0.29, 0.717) is 24.3 Å². The fourth-order valence-corrected chi connectivity index (χ4v) is 2.21. The zero-order chi connectivity index (χ0) is 11.2. The third-order valence-electron chi connectivity index (χ3n) is 3.14. The number of carbonyl (C=O) groups is 1. The lowest BCUT2D eigenvalue weighted by atomic mass is 9.78. The first-order chi connectivity index (χ1) is 7.78. The first-order valence-corrected chi connectivity index (χ1v) is 5.11. The Kier molecular flexibility index (Phi) is 1.79. The van der Waals surface area contributed by atoms with E-state index < -0.39 is 11.7 Å². The van der Waals surface area contributed by atoms with Gasteiger partial charge >= 0.3 is 0 Å². The van der Waals surface area contributed by atoms with E-state index in [1.807, 2.05) is 0 Å². The van der Waals surface area contributed by atoms with Crippen LogP contribution in [0, 0.1) is 16.7 Å². The fourth-order valence-electron chi connectivity index (χ4n) is 2.21. The second-order valence-corrected chi connectivity index (χ2v) is 3.98. The van der Waals surface area contributed by atoms with Crippen molar-refractivity contribution in [3.8, 4) is 11.8 Å². The number of ketones is 1. The summed E-state index contributed by atoms with van der Waals surface area (Å²) < 4.78 is 10.9. The van der Waals surface area contributed by atoms with Gasteiger partial charge in [-0.05, 0) is 12.1 Å². The van der Waals surface area contributed by atoms with Crippen LogP contribution in [0.2, 0.25) is 0 Å². The van der Waals surface area contributed by atoms with Crippen molar-refractivity contribution in [1.29, 1.82) is 5.26 Å². The van der Waals surface area contributed by atoms with Gasteiger partial charge in [0.2, 0.25) is 6.29 Å². The molecule has 3 rings (SSSR count). The van der Waals surface area contributed by atoms with Crippen molar-refractivity contribution in [2.75, 3.05) is 6.61 Å². The highest BCUT2D eigenvalue weighted by Crippen LogP contribution is 2.44. The highest BCUT2D eigenvalue weighted by Gasteiger charge is 2.56. The molecular weight excluding hydrogens is 206 g/mol. The molecule has 4 heteroatoms. The molecule has 2 heterocycles. The molecule has 2 atom stereocenters. The molecule has 0 unspecified atom stereocenters. The number of hydrogen-bond acceptors (Lipinski definition) is 4. The highest BCUT2D eigenvalue weighted by atomic mass is 16.7. The predicted octanol–water partition coefficient (Wildman–Crippen LogP) is 1.52. The first kappa shape index (κ1) is 9.37. The van der Waals surface area contributed by atoms with E-state index in [-0.39, 0.29) is 5.78 Å². The average molecular weight is 215 g/mol. The molecule has 80 valence electrons. The maximum Gasteiger partial charge on any atom is 0.226 e. The Hall–Kier alpha value is -1.86. The molecule has 1 fully saturated rings. The van der Waals surface area contributed by atoms with Crippen molar-refractivity contribution in [2.24, 2.45) is 5.41 Å². The van der Waals surface area contributed by atoms with Crippen LogP contribution in [0.4, 0.5) is 0 Å². The van der Waals surface area contributed by atoms with E-state index in [2.05, 4.69) is 6.07 Å². The van der Waals surface area contributed by atoms with E-state index in [1.165, 1.54) is 0 Å². The number of nitriles is 1. The molecule has 0 bridgehead atoms. The van der Waals surface area contributed by atoms with E-state index in [1.54, 1.807) is 24.3 Å². The summed E-state index contributed by atoms with van der Waals surface area (Å²) in [6.45, 7) is 0.387. The zero-order valence-corrected chi connectivity index (χ0v) is 8.47. The van der Waals surface area contributed by atoms with Gasteiger partial charge in [0.15, 0.2) is 11.2 Å². The monoisotopic (exact) mass is 215 g/mol. The third kappa shape index (κ3) is 0.983. The maximum absolute atomic E-state index is 12.3. The van der Waals surface area contributed by atoms with Crippen LogP contribution in [0.3, 0.4) is 0 Å². The van der Waals surface area contributed by atoms with Crippen LogP contribution in [0.5, 0.6) is 5.75 Å². The van der Waals surface area contributed by atoms with Crippen molar-refractivity contribution in [3.63, 3.8) is 0 Å². The van der Waals surface area contributed by atoms with Crippen molar-refractivity contribution in [2.45, 2.75) is 12.7 Å². The van der Waals surface area contributed by atoms with Crippen LogP contribution in [0.25, 0.3) is 0 Å². The smallest absolute Gasteiger partial charge is 0.226 e. The van der Waals surface area contributed by atoms with Gasteiger partial charge in [-0.1, -0.05) is 12.1 Å². The third-order valence-corrected chi connectivity index (χ3v) is 3.14. The number of carbonyl (C=O) groups excluding carboxylic acids is 1. The average Bonchev–Trinajstić information content (AvgIpc) is 2.74. The Morgan fingerprint density at radius 3 is 3.06 bits per heavy atom. The molecule has 1 aromatic rings. The van der Waals surface area contributed by atoms with Gasteiger partial charge in [-0.3, -0.25) is 4.79 Å². The molecule has 0 radical (unpaired) electrons. The number of hydrogen-bond donors (Lipinski definition) is 0. The van der Waals surface area contributed by atoms with E-state index >= 15 is 0 Å². The second kappa shape index (κ2) is 3.06. The molecule has 2 aliphatic heterocycles. The van der Waals surface area contributed by atoms with E-state index in [9.17, 15) is 10.1 Å². The summed E-state index contributed by atoms with van der Waals surface area (Å²) in [5.41, 5.74) is -0.667. The Morgan fingerprint density at radius 2 is 2.25 bits per heavy atom. The standard InChI is InChI=1S/C12H9NO3/c13-7-12-5-6-15-11(12)16-9-4-2-1-3-8(9)10(12)14/h1-4,11H,5-6H2/t11-,12-/m0/s1. The predicted molar refractivity (Wildman–Crippen MR) is 53.8 cm³/mol. The van der Waals surface area contributed by atoms with Gasteiger partial charge in [0.25, 0.3) is 0 Å². The van der Waals surface area contributed by atoms with Gasteiger partial charge in [0.1, 0.15) is 5.75 Å². The van der Waals surface area contributed by atoms with Gasteiger partial charge < -0.3 is 9.47 Å². The molecule has 0 N–H and O–H groups in total. The van der Waals surface area contributed by atoms with E-state index in [0.717, 1.165) is 0 Å². The highest BCUT2D eigenvalue weighted by molar-refractivity contribution is 6.05. The minimum Gasteiger partial charge on any atom is -0.462 e. The molecule has 4 nitrogen and oxygen atoms in total. The van der Waals surface area contributed by atoms with Crippen LogP contribution in [0.1, 0.15) is 16.8 Å². The number of fused-ring (bicyclic) bond motifs is 2. The molecule has 0 spiro atoms. The first-order valence-electron chi connectivity index (χ1n) is 5.11. The van der Waals surface area contributed by atoms with Gasteiger partial charge in [-0.15, -0.1) is 0 Å². The molecule has 0 saturated carbocycles. The summed E-state index contributed by atoms with van der Waals surface area (Å²) in [4.78, 5) is 12.3. The van der Waals surface area contributed by atoms with Crippen molar-refractivity contribution in [3.05, 3.63) is 29.8 Å². The molecule has 0 amide bonds. The van der Waals surface area contributed by atoms with Gasteiger partial charge in [0.05, 0.1) is 18.2 Å². The van der Waals surface area contributed by atoms with Crippen molar-refractivity contribution >= 4 is 5.78 Å². The lowest BCUT2D eigenvalue weighted by Crippen LogP contribution is -2.44.